The molecular weight excluding hydrogens is 376 g/mol. The highest BCUT2D eigenvalue weighted by molar-refractivity contribution is 5.93. The summed E-state index contributed by atoms with van der Waals surface area (Å²) in [4.78, 5) is 17.6. The van der Waals surface area contributed by atoms with Crippen LogP contribution in [0.3, 0.4) is 0 Å². The molecule has 0 radical (unpaired) electrons. The SMILES string of the molecule is CCc1ccc(N(C)c2ccc3c(c2)CN[C@H]3CNc2cnccc2C(=O)O)cc1. The van der Waals surface area contributed by atoms with Crippen molar-refractivity contribution < 1.29 is 9.90 Å². The highest BCUT2D eigenvalue weighted by Crippen LogP contribution is 2.32. The Morgan fingerprint density at radius 1 is 1.20 bits per heavy atom. The smallest absolute Gasteiger partial charge is 0.337 e. The third kappa shape index (κ3) is 4.00. The summed E-state index contributed by atoms with van der Waals surface area (Å²) in [7, 11) is 2.08. The molecular formula is C24H26N4O2. The number of benzene rings is 2. The first-order valence-electron chi connectivity index (χ1n) is 10.2. The lowest BCUT2D eigenvalue weighted by molar-refractivity contribution is 0.0698. The van der Waals surface area contributed by atoms with E-state index >= 15 is 0 Å². The molecule has 6 heteroatoms. The van der Waals surface area contributed by atoms with Crippen LogP contribution in [0.5, 0.6) is 0 Å². The Labute approximate surface area is 176 Å². The predicted octanol–water partition coefficient (Wildman–Crippen LogP) is 4.37. The lowest BCUT2D eigenvalue weighted by Gasteiger charge is -2.21. The number of carboxylic acid groups (broad SMARTS) is 1. The molecule has 0 unspecified atom stereocenters. The molecule has 0 bridgehead atoms. The van der Waals surface area contributed by atoms with Crippen molar-refractivity contribution in [2.45, 2.75) is 25.9 Å². The maximum absolute atomic E-state index is 11.4. The van der Waals surface area contributed by atoms with Gasteiger partial charge in [-0.25, -0.2) is 4.79 Å². The Kier molecular flexibility index (Phi) is 5.68. The summed E-state index contributed by atoms with van der Waals surface area (Å²) in [5.74, 6) is -0.959. The quantitative estimate of drug-likeness (QED) is 0.545. The Balaban J connectivity index is 1.48. The van der Waals surface area contributed by atoms with E-state index in [-0.39, 0.29) is 11.6 Å². The maximum atomic E-state index is 11.4. The van der Waals surface area contributed by atoms with E-state index in [0.717, 1.165) is 24.3 Å². The Morgan fingerprint density at radius 3 is 2.70 bits per heavy atom. The van der Waals surface area contributed by atoms with E-state index in [1.165, 1.54) is 29.0 Å². The van der Waals surface area contributed by atoms with Crippen molar-refractivity contribution in [3.05, 3.63) is 83.2 Å². The van der Waals surface area contributed by atoms with E-state index < -0.39 is 5.97 Å². The van der Waals surface area contributed by atoms with Crippen molar-refractivity contribution in [1.82, 2.24) is 10.3 Å². The number of hydrogen-bond donors (Lipinski definition) is 3. The zero-order valence-corrected chi connectivity index (χ0v) is 17.2. The second-order valence-electron chi connectivity index (χ2n) is 7.50. The van der Waals surface area contributed by atoms with Crippen LogP contribution in [0.2, 0.25) is 0 Å². The van der Waals surface area contributed by atoms with Gasteiger partial charge in [0.1, 0.15) is 0 Å². The van der Waals surface area contributed by atoms with Gasteiger partial charge in [0.15, 0.2) is 0 Å². The van der Waals surface area contributed by atoms with Gasteiger partial charge >= 0.3 is 5.97 Å². The second-order valence-corrected chi connectivity index (χ2v) is 7.50. The molecule has 0 saturated heterocycles. The average molecular weight is 402 g/mol. The summed E-state index contributed by atoms with van der Waals surface area (Å²) in [6.07, 6.45) is 4.09. The number of hydrogen-bond acceptors (Lipinski definition) is 5. The standard InChI is InChI=1S/C24H26N4O2/c1-3-16-4-6-18(7-5-16)28(2)19-8-9-20-17(12-19)13-26-23(20)15-27-22-14-25-11-10-21(22)24(29)30/h4-12,14,23,26-27H,3,13,15H2,1-2H3,(H,29,30)/t23-/m0/s1. The molecule has 3 N–H and O–H groups in total. The summed E-state index contributed by atoms with van der Waals surface area (Å²) in [6, 6.07) is 16.8. The van der Waals surface area contributed by atoms with Crippen molar-refractivity contribution in [2.24, 2.45) is 0 Å². The fourth-order valence-corrected chi connectivity index (χ4v) is 3.86. The molecule has 154 valence electrons. The molecule has 1 aliphatic rings. The molecule has 0 aliphatic carbocycles. The number of anilines is 3. The summed E-state index contributed by atoms with van der Waals surface area (Å²) >= 11 is 0. The predicted molar refractivity (Wildman–Crippen MR) is 120 cm³/mol. The molecule has 0 spiro atoms. The highest BCUT2D eigenvalue weighted by atomic mass is 16.4. The number of rotatable bonds is 7. The minimum atomic E-state index is -0.959. The number of aromatic nitrogens is 1. The second kappa shape index (κ2) is 8.55. The number of nitrogens with zero attached hydrogens (tertiary/aromatic N) is 2. The van der Waals surface area contributed by atoms with Crippen LogP contribution in [0.4, 0.5) is 17.1 Å². The number of carbonyl (C=O) groups is 1. The fraction of sp³-hybridized carbons (Fsp3) is 0.250. The van der Waals surface area contributed by atoms with Crippen LogP contribution in [0.25, 0.3) is 0 Å². The van der Waals surface area contributed by atoms with Crippen molar-refractivity contribution in [3.63, 3.8) is 0 Å². The van der Waals surface area contributed by atoms with Crippen molar-refractivity contribution in [2.75, 3.05) is 23.8 Å². The Morgan fingerprint density at radius 2 is 1.97 bits per heavy atom. The van der Waals surface area contributed by atoms with Crippen LogP contribution in [0.15, 0.2) is 60.9 Å². The van der Waals surface area contributed by atoms with Crippen LogP contribution >= 0.6 is 0 Å². The van der Waals surface area contributed by atoms with Crippen molar-refractivity contribution >= 4 is 23.0 Å². The fourth-order valence-electron chi connectivity index (χ4n) is 3.86. The molecule has 1 aromatic heterocycles. The van der Waals surface area contributed by atoms with Gasteiger partial charge in [0, 0.05) is 37.7 Å². The third-order valence-electron chi connectivity index (χ3n) is 5.71. The molecule has 4 rings (SSSR count). The molecule has 3 aromatic rings. The molecule has 0 saturated carbocycles. The number of nitrogens with one attached hydrogen (secondary N) is 2. The lowest BCUT2D eigenvalue weighted by atomic mass is 10.0. The molecule has 0 amide bonds. The first-order chi connectivity index (χ1) is 14.6. The molecule has 30 heavy (non-hydrogen) atoms. The molecule has 2 aromatic carbocycles. The van der Waals surface area contributed by atoms with Gasteiger partial charge in [-0.2, -0.15) is 0 Å². The summed E-state index contributed by atoms with van der Waals surface area (Å²) in [6.45, 7) is 3.54. The van der Waals surface area contributed by atoms with E-state index in [0.29, 0.717) is 12.2 Å². The first-order valence-corrected chi connectivity index (χ1v) is 10.2. The van der Waals surface area contributed by atoms with Crippen LogP contribution in [-0.2, 0) is 13.0 Å². The van der Waals surface area contributed by atoms with E-state index in [1.54, 1.807) is 6.20 Å². The maximum Gasteiger partial charge on any atom is 0.337 e. The minimum absolute atomic E-state index is 0.116. The number of aryl methyl sites for hydroxylation is 1. The monoisotopic (exact) mass is 402 g/mol. The van der Waals surface area contributed by atoms with Crippen molar-refractivity contribution in [1.29, 1.82) is 0 Å². The lowest BCUT2D eigenvalue weighted by Crippen LogP contribution is -2.22. The minimum Gasteiger partial charge on any atom is -0.478 e. The van der Waals surface area contributed by atoms with E-state index in [9.17, 15) is 9.90 Å². The average Bonchev–Trinajstić information content (AvgIpc) is 3.19. The van der Waals surface area contributed by atoms with E-state index in [4.69, 9.17) is 0 Å². The summed E-state index contributed by atoms with van der Waals surface area (Å²) in [5.41, 5.74) is 6.91. The zero-order valence-electron chi connectivity index (χ0n) is 17.2. The van der Waals surface area contributed by atoms with Crippen LogP contribution in [0, 0.1) is 0 Å². The van der Waals surface area contributed by atoms with Gasteiger partial charge in [-0.1, -0.05) is 25.1 Å². The van der Waals surface area contributed by atoms with Crippen LogP contribution in [-0.4, -0.2) is 29.7 Å². The van der Waals surface area contributed by atoms with Gasteiger partial charge < -0.3 is 20.6 Å². The van der Waals surface area contributed by atoms with Gasteiger partial charge in [-0.15, -0.1) is 0 Å². The highest BCUT2D eigenvalue weighted by Gasteiger charge is 2.23. The topological polar surface area (TPSA) is 77.5 Å². The van der Waals surface area contributed by atoms with Gasteiger partial charge in [-0.3, -0.25) is 4.98 Å². The van der Waals surface area contributed by atoms with Crippen molar-refractivity contribution in [3.8, 4) is 0 Å². The molecule has 6 nitrogen and oxygen atoms in total. The number of fused-ring (bicyclic) bond motifs is 1. The molecule has 0 fully saturated rings. The number of aromatic carboxylic acids is 1. The van der Waals surface area contributed by atoms with E-state index in [1.807, 2.05) is 0 Å². The van der Waals surface area contributed by atoms with E-state index in [2.05, 4.69) is 77.0 Å². The van der Waals surface area contributed by atoms with Gasteiger partial charge in [0.25, 0.3) is 0 Å². The van der Waals surface area contributed by atoms with Crippen LogP contribution in [0.1, 0.15) is 40.0 Å². The third-order valence-corrected chi connectivity index (χ3v) is 5.71. The Hall–Kier alpha value is -3.38. The van der Waals surface area contributed by atoms with Gasteiger partial charge in [0.05, 0.1) is 23.5 Å². The number of carboxylic acids is 1. The van der Waals surface area contributed by atoms with Crippen LogP contribution < -0.4 is 15.5 Å². The molecule has 1 aliphatic heterocycles. The molecule has 1 atom stereocenters. The number of pyridine rings is 1. The Bertz CT molecular complexity index is 1050. The normalized spacial score (nSPS) is 14.9. The zero-order chi connectivity index (χ0) is 21.1. The largest absolute Gasteiger partial charge is 0.478 e. The molecule has 2 heterocycles. The summed E-state index contributed by atoms with van der Waals surface area (Å²) < 4.78 is 0. The van der Waals surface area contributed by atoms with Gasteiger partial charge in [0.2, 0.25) is 0 Å². The first kappa shape index (κ1) is 19.9. The summed E-state index contributed by atoms with van der Waals surface area (Å²) in [5, 5.41) is 16.1. The van der Waals surface area contributed by atoms with Gasteiger partial charge in [-0.05, 0) is 53.4 Å².